The second-order valence-corrected chi connectivity index (χ2v) is 7.58. The third-order valence-electron chi connectivity index (χ3n) is 5.36. The Labute approximate surface area is 167 Å². The minimum atomic E-state index is -1.07. The summed E-state index contributed by atoms with van der Waals surface area (Å²) in [6.07, 6.45) is 0.265. The lowest BCUT2D eigenvalue weighted by Crippen LogP contribution is -2.55. The van der Waals surface area contributed by atoms with Gasteiger partial charge < -0.3 is 4.90 Å². The molecule has 1 atom stereocenters. The van der Waals surface area contributed by atoms with Gasteiger partial charge in [-0.1, -0.05) is 19.1 Å². The highest BCUT2D eigenvalue weighted by molar-refractivity contribution is 6.23. The number of hydrogen-bond acceptors (Lipinski definition) is 3. The molecule has 0 bridgehead atoms. The van der Waals surface area contributed by atoms with Gasteiger partial charge in [0, 0.05) is 5.54 Å². The number of anilines is 1. The molecule has 2 aromatic carbocycles. The molecule has 5 nitrogen and oxygen atoms in total. The molecule has 3 rings (SSSR count). The standard InChI is InChI=1S/C22H22F2N2O3/c1-4-22(2,3)26(20(28)16-7-5-6-8-17(16)24)18-13-19(27)25(21(18)29)15-11-9-14(23)10-12-15/h5-12,18H,4,13H2,1-3H3. The molecule has 1 unspecified atom stereocenters. The number of benzene rings is 2. The van der Waals surface area contributed by atoms with Crippen LogP contribution in [0, 0.1) is 11.6 Å². The number of rotatable bonds is 5. The van der Waals surface area contributed by atoms with Crippen molar-refractivity contribution in [1.82, 2.24) is 4.90 Å². The molecule has 2 aromatic rings. The van der Waals surface area contributed by atoms with E-state index in [1.807, 2.05) is 6.92 Å². The maximum absolute atomic E-state index is 14.3. The van der Waals surface area contributed by atoms with Crippen LogP contribution in [-0.4, -0.2) is 34.2 Å². The van der Waals surface area contributed by atoms with Crippen molar-refractivity contribution in [1.29, 1.82) is 0 Å². The Hall–Kier alpha value is -3.09. The molecule has 1 aliphatic rings. The van der Waals surface area contributed by atoms with Gasteiger partial charge in [0.25, 0.3) is 11.8 Å². The smallest absolute Gasteiger partial charge is 0.257 e. The highest BCUT2D eigenvalue weighted by Crippen LogP contribution is 2.32. The largest absolute Gasteiger partial charge is 0.321 e. The fraction of sp³-hybridized carbons (Fsp3) is 0.318. The molecule has 0 aromatic heterocycles. The molecule has 0 N–H and O–H groups in total. The van der Waals surface area contributed by atoms with Crippen molar-refractivity contribution in [2.75, 3.05) is 4.90 Å². The molecule has 0 saturated carbocycles. The SMILES string of the molecule is CCC(C)(C)N(C(=O)c1ccccc1F)C1CC(=O)N(c2ccc(F)cc2)C1=O. The van der Waals surface area contributed by atoms with E-state index in [0.29, 0.717) is 6.42 Å². The molecule has 0 spiro atoms. The Morgan fingerprint density at radius 2 is 1.72 bits per heavy atom. The van der Waals surface area contributed by atoms with Crippen LogP contribution >= 0.6 is 0 Å². The first-order chi connectivity index (χ1) is 13.7. The van der Waals surface area contributed by atoms with Gasteiger partial charge in [-0.05, 0) is 56.7 Å². The summed E-state index contributed by atoms with van der Waals surface area (Å²) in [7, 11) is 0. The highest BCUT2D eigenvalue weighted by atomic mass is 19.1. The van der Waals surface area contributed by atoms with Gasteiger partial charge in [-0.15, -0.1) is 0 Å². The second kappa shape index (κ2) is 7.73. The summed E-state index contributed by atoms with van der Waals surface area (Å²) >= 11 is 0. The molecule has 1 fully saturated rings. The molecule has 0 aliphatic carbocycles. The van der Waals surface area contributed by atoms with E-state index in [1.165, 1.54) is 35.2 Å². The predicted molar refractivity (Wildman–Crippen MR) is 104 cm³/mol. The van der Waals surface area contributed by atoms with E-state index >= 15 is 0 Å². The van der Waals surface area contributed by atoms with Crippen LogP contribution in [0.15, 0.2) is 48.5 Å². The maximum atomic E-state index is 14.3. The van der Waals surface area contributed by atoms with Crippen LogP contribution in [0.1, 0.15) is 44.0 Å². The van der Waals surface area contributed by atoms with Crippen LogP contribution < -0.4 is 4.90 Å². The summed E-state index contributed by atoms with van der Waals surface area (Å²) in [5.41, 5.74) is -0.732. The Balaban J connectivity index is 2.02. The minimum Gasteiger partial charge on any atom is -0.321 e. The lowest BCUT2D eigenvalue weighted by molar-refractivity contribution is -0.123. The lowest BCUT2D eigenvalue weighted by Gasteiger charge is -2.41. The number of halogens is 2. The maximum Gasteiger partial charge on any atom is 0.257 e. The number of carbonyl (C=O) groups excluding carboxylic acids is 3. The second-order valence-electron chi connectivity index (χ2n) is 7.58. The quantitative estimate of drug-likeness (QED) is 0.715. The Kier molecular flexibility index (Phi) is 5.50. The summed E-state index contributed by atoms with van der Waals surface area (Å²) in [5, 5.41) is 0. The molecule has 3 amide bonds. The van der Waals surface area contributed by atoms with Gasteiger partial charge in [-0.2, -0.15) is 0 Å². The monoisotopic (exact) mass is 400 g/mol. The summed E-state index contributed by atoms with van der Waals surface area (Å²) < 4.78 is 27.5. The van der Waals surface area contributed by atoms with E-state index in [2.05, 4.69) is 0 Å². The number of carbonyl (C=O) groups is 3. The first-order valence-electron chi connectivity index (χ1n) is 9.38. The summed E-state index contributed by atoms with van der Waals surface area (Å²) in [6.45, 7) is 5.38. The van der Waals surface area contributed by atoms with Gasteiger partial charge in [0.05, 0.1) is 17.7 Å². The minimum absolute atomic E-state index is 0.158. The summed E-state index contributed by atoms with van der Waals surface area (Å²) in [5.74, 6) is -2.92. The van der Waals surface area contributed by atoms with Gasteiger partial charge >= 0.3 is 0 Å². The molecular weight excluding hydrogens is 378 g/mol. The van der Waals surface area contributed by atoms with E-state index in [-0.39, 0.29) is 17.7 Å². The average molecular weight is 400 g/mol. The van der Waals surface area contributed by atoms with Gasteiger partial charge in [0.1, 0.15) is 17.7 Å². The van der Waals surface area contributed by atoms with Crippen LogP contribution in [0.25, 0.3) is 0 Å². The molecule has 1 aliphatic heterocycles. The van der Waals surface area contributed by atoms with Crippen molar-refractivity contribution in [2.45, 2.75) is 45.2 Å². The summed E-state index contributed by atoms with van der Waals surface area (Å²) in [6, 6.07) is 9.45. The van der Waals surface area contributed by atoms with E-state index < -0.39 is 40.9 Å². The van der Waals surface area contributed by atoms with Gasteiger partial charge in [0.2, 0.25) is 5.91 Å². The highest BCUT2D eigenvalue weighted by Gasteiger charge is 2.48. The zero-order valence-corrected chi connectivity index (χ0v) is 16.5. The van der Waals surface area contributed by atoms with Crippen molar-refractivity contribution in [3.8, 4) is 0 Å². The molecule has 0 radical (unpaired) electrons. The van der Waals surface area contributed by atoms with Gasteiger partial charge in [-0.25, -0.2) is 13.7 Å². The topological polar surface area (TPSA) is 57.7 Å². The lowest BCUT2D eigenvalue weighted by atomic mass is 9.94. The third-order valence-corrected chi connectivity index (χ3v) is 5.36. The zero-order valence-electron chi connectivity index (χ0n) is 16.5. The molecule has 1 saturated heterocycles. The summed E-state index contributed by atoms with van der Waals surface area (Å²) in [4.78, 5) is 41.3. The number of nitrogens with zero attached hydrogens (tertiary/aromatic N) is 2. The van der Waals surface area contributed by atoms with E-state index in [1.54, 1.807) is 19.9 Å². The van der Waals surface area contributed by atoms with E-state index in [0.717, 1.165) is 17.0 Å². The normalized spacial score (nSPS) is 17.0. The third kappa shape index (κ3) is 3.77. The van der Waals surface area contributed by atoms with Crippen molar-refractivity contribution in [3.05, 3.63) is 65.7 Å². The fourth-order valence-electron chi connectivity index (χ4n) is 3.45. The van der Waals surface area contributed by atoms with Gasteiger partial charge in [0.15, 0.2) is 0 Å². The number of hydrogen-bond donors (Lipinski definition) is 0. The van der Waals surface area contributed by atoms with Crippen LogP contribution in [0.2, 0.25) is 0 Å². The number of imide groups is 1. The Morgan fingerprint density at radius 3 is 2.31 bits per heavy atom. The van der Waals surface area contributed by atoms with Crippen LogP contribution in [0.3, 0.4) is 0 Å². The molecular formula is C22H22F2N2O3. The molecule has 7 heteroatoms. The van der Waals surface area contributed by atoms with Crippen molar-refractivity contribution in [3.63, 3.8) is 0 Å². The average Bonchev–Trinajstić information content (AvgIpc) is 2.96. The van der Waals surface area contributed by atoms with Crippen LogP contribution in [0.5, 0.6) is 0 Å². The molecule has 152 valence electrons. The first-order valence-corrected chi connectivity index (χ1v) is 9.38. The van der Waals surface area contributed by atoms with E-state index in [9.17, 15) is 23.2 Å². The predicted octanol–water partition coefficient (Wildman–Crippen LogP) is 3.93. The van der Waals surface area contributed by atoms with Crippen LogP contribution in [-0.2, 0) is 9.59 Å². The van der Waals surface area contributed by atoms with Crippen LogP contribution in [0.4, 0.5) is 14.5 Å². The number of amides is 3. The van der Waals surface area contributed by atoms with E-state index in [4.69, 9.17) is 0 Å². The fourth-order valence-corrected chi connectivity index (χ4v) is 3.45. The van der Waals surface area contributed by atoms with Gasteiger partial charge in [-0.3, -0.25) is 14.4 Å². The van der Waals surface area contributed by atoms with Crippen molar-refractivity contribution >= 4 is 23.4 Å². The molecule has 1 heterocycles. The first kappa shape index (κ1) is 20.6. The Morgan fingerprint density at radius 1 is 1.10 bits per heavy atom. The molecule has 29 heavy (non-hydrogen) atoms. The zero-order chi connectivity index (χ0) is 21.3. The van der Waals surface area contributed by atoms with Crippen molar-refractivity contribution < 1.29 is 23.2 Å². The van der Waals surface area contributed by atoms with Crippen molar-refractivity contribution in [2.24, 2.45) is 0 Å². The Bertz CT molecular complexity index is 957.